The molecule has 0 aliphatic heterocycles. The van der Waals surface area contributed by atoms with Crippen LogP contribution in [0.3, 0.4) is 0 Å². The van der Waals surface area contributed by atoms with E-state index in [4.69, 9.17) is 0 Å². The lowest BCUT2D eigenvalue weighted by Crippen LogP contribution is -2.23. The minimum absolute atomic E-state index is 0.141. The first-order valence-electron chi connectivity index (χ1n) is 8.72. The summed E-state index contributed by atoms with van der Waals surface area (Å²) in [7, 11) is 0. The van der Waals surface area contributed by atoms with Gasteiger partial charge >= 0.3 is 0 Å². The Hall–Kier alpha value is -1.95. The highest BCUT2D eigenvalue weighted by molar-refractivity contribution is 7.15. The van der Waals surface area contributed by atoms with Crippen molar-refractivity contribution in [1.29, 1.82) is 0 Å². The Morgan fingerprint density at radius 1 is 1.21 bits per heavy atom. The molecule has 0 aromatic carbocycles. The average molecular weight is 344 g/mol. The summed E-state index contributed by atoms with van der Waals surface area (Å²) in [5.74, 6) is 0.759. The molecule has 2 aromatic rings. The molecule has 0 radical (unpaired) electrons. The van der Waals surface area contributed by atoms with Crippen LogP contribution in [0.2, 0.25) is 0 Å². The van der Waals surface area contributed by atoms with E-state index >= 15 is 0 Å². The molecule has 1 amide bonds. The van der Waals surface area contributed by atoms with Crippen LogP contribution in [0, 0.1) is 0 Å². The van der Waals surface area contributed by atoms with Crippen LogP contribution < -0.4 is 10.2 Å². The smallest absolute Gasteiger partial charge is 0.259 e. The summed E-state index contributed by atoms with van der Waals surface area (Å²) in [5.41, 5.74) is 1.74. The van der Waals surface area contributed by atoms with Crippen LogP contribution in [-0.4, -0.2) is 29.0 Å². The fraction of sp³-hybridized carbons (Fsp3) is 0.500. The second kappa shape index (κ2) is 7.75. The SMILES string of the molecule is CCN(CC)c1ccc(C(=O)Nc2nc3c(s2)CCCCC3)cn1. The first-order chi connectivity index (χ1) is 11.7. The molecule has 6 heteroatoms. The van der Waals surface area contributed by atoms with Crippen LogP contribution in [0.5, 0.6) is 0 Å². The highest BCUT2D eigenvalue weighted by Crippen LogP contribution is 2.29. The van der Waals surface area contributed by atoms with Gasteiger partial charge in [-0.2, -0.15) is 0 Å². The molecule has 0 spiro atoms. The van der Waals surface area contributed by atoms with Gasteiger partial charge in [-0.25, -0.2) is 9.97 Å². The third kappa shape index (κ3) is 3.75. The van der Waals surface area contributed by atoms with Crippen molar-refractivity contribution >= 4 is 28.2 Å². The van der Waals surface area contributed by atoms with E-state index in [2.05, 4.69) is 34.0 Å². The summed E-state index contributed by atoms with van der Waals surface area (Å²) in [5, 5.41) is 3.64. The lowest BCUT2D eigenvalue weighted by Gasteiger charge is -2.19. The summed E-state index contributed by atoms with van der Waals surface area (Å²) >= 11 is 1.62. The maximum Gasteiger partial charge on any atom is 0.259 e. The third-order valence-corrected chi connectivity index (χ3v) is 5.49. The Labute approximate surface area is 147 Å². The van der Waals surface area contributed by atoms with Crippen LogP contribution in [-0.2, 0) is 12.8 Å². The van der Waals surface area contributed by atoms with E-state index in [9.17, 15) is 4.79 Å². The zero-order valence-corrected chi connectivity index (χ0v) is 15.2. The molecule has 0 saturated heterocycles. The standard InChI is InChI=1S/C18H24N4OS/c1-3-22(4-2)16-11-10-13(12-19-16)17(23)21-18-20-14-8-6-5-7-9-15(14)24-18/h10-12H,3-9H2,1-2H3,(H,20,21,23). The zero-order chi connectivity index (χ0) is 16.9. The number of nitrogens with one attached hydrogen (secondary N) is 1. The van der Waals surface area contributed by atoms with Gasteiger partial charge in [0.25, 0.3) is 5.91 Å². The van der Waals surface area contributed by atoms with Gasteiger partial charge in [0, 0.05) is 24.2 Å². The Balaban J connectivity index is 1.68. The van der Waals surface area contributed by atoms with Crippen molar-refractivity contribution in [2.45, 2.75) is 46.0 Å². The van der Waals surface area contributed by atoms with Gasteiger partial charge in [-0.1, -0.05) is 6.42 Å². The number of pyridine rings is 1. The van der Waals surface area contributed by atoms with E-state index in [-0.39, 0.29) is 5.91 Å². The molecule has 0 unspecified atom stereocenters. The molecule has 0 fully saturated rings. The quantitative estimate of drug-likeness (QED) is 0.836. The normalized spacial score (nSPS) is 13.9. The molecular formula is C18H24N4OS. The molecular weight excluding hydrogens is 320 g/mol. The number of amides is 1. The first-order valence-corrected chi connectivity index (χ1v) is 9.53. The van der Waals surface area contributed by atoms with Gasteiger partial charge in [0.05, 0.1) is 11.3 Å². The van der Waals surface area contributed by atoms with Gasteiger partial charge in [-0.3, -0.25) is 10.1 Å². The highest BCUT2D eigenvalue weighted by atomic mass is 32.1. The van der Waals surface area contributed by atoms with E-state index in [1.165, 1.54) is 29.8 Å². The van der Waals surface area contributed by atoms with Gasteiger partial charge in [-0.15, -0.1) is 11.3 Å². The molecule has 5 nitrogen and oxygen atoms in total. The highest BCUT2D eigenvalue weighted by Gasteiger charge is 2.16. The Kier molecular flexibility index (Phi) is 5.45. The van der Waals surface area contributed by atoms with Gasteiger partial charge in [0.1, 0.15) is 5.82 Å². The molecule has 1 aliphatic rings. The van der Waals surface area contributed by atoms with Crippen molar-refractivity contribution in [3.63, 3.8) is 0 Å². The van der Waals surface area contributed by atoms with E-state index in [1.54, 1.807) is 17.5 Å². The lowest BCUT2D eigenvalue weighted by atomic mass is 10.2. The average Bonchev–Trinajstić information content (AvgIpc) is 2.85. The van der Waals surface area contributed by atoms with Crippen molar-refractivity contribution < 1.29 is 4.79 Å². The van der Waals surface area contributed by atoms with Crippen LogP contribution in [0.4, 0.5) is 10.9 Å². The Morgan fingerprint density at radius 2 is 2.00 bits per heavy atom. The topological polar surface area (TPSA) is 58.1 Å². The molecule has 1 N–H and O–H groups in total. The number of rotatable bonds is 5. The number of fused-ring (bicyclic) bond motifs is 1. The maximum absolute atomic E-state index is 12.4. The minimum Gasteiger partial charge on any atom is -0.357 e. The number of carbonyl (C=O) groups excluding carboxylic acids is 1. The van der Waals surface area contributed by atoms with Crippen molar-refractivity contribution in [2.24, 2.45) is 0 Å². The van der Waals surface area contributed by atoms with Crippen molar-refractivity contribution in [3.05, 3.63) is 34.5 Å². The van der Waals surface area contributed by atoms with Crippen molar-refractivity contribution in [3.8, 4) is 0 Å². The lowest BCUT2D eigenvalue weighted by molar-refractivity contribution is 0.102. The van der Waals surface area contributed by atoms with Crippen LogP contribution in [0.1, 0.15) is 54.0 Å². The number of carbonyl (C=O) groups is 1. The molecule has 0 bridgehead atoms. The van der Waals surface area contributed by atoms with Gasteiger partial charge in [0.2, 0.25) is 0 Å². The molecule has 0 saturated carbocycles. The fourth-order valence-electron chi connectivity index (χ4n) is 3.01. The Bertz CT molecular complexity index is 668. The summed E-state index contributed by atoms with van der Waals surface area (Å²) in [4.78, 5) is 24.9. The number of aromatic nitrogens is 2. The number of hydrogen-bond donors (Lipinski definition) is 1. The van der Waals surface area contributed by atoms with Crippen molar-refractivity contribution in [1.82, 2.24) is 9.97 Å². The minimum atomic E-state index is -0.141. The van der Waals surface area contributed by atoms with E-state index in [1.807, 2.05) is 12.1 Å². The molecule has 2 heterocycles. The van der Waals surface area contributed by atoms with Crippen LogP contribution in [0.15, 0.2) is 18.3 Å². The van der Waals surface area contributed by atoms with Gasteiger partial charge in [-0.05, 0) is 51.7 Å². The predicted molar refractivity (Wildman–Crippen MR) is 99.1 cm³/mol. The summed E-state index contributed by atoms with van der Waals surface area (Å²) < 4.78 is 0. The largest absolute Gasteiger partial charge is 0.357 e. The first kappa shape index (κ1) is 16.9. The number of anilines is 2. The monoisotopic (exact) mass is 344 g/mol. The zero-order valence-electron chi connectivity index (χ0n) is 14.3. The fourth-order valence-corrected chi connectivity index (χ4v) is 4.05. The maximum atomic E-state index is 12.4. The third-order valence-electron chi connectivity index (χ3n) is 4.41. The number of aryl methyl sites for hydroxylation is 2. The number of thiazole rings is 1. The van der Waals surface area contributed by atoms with Crippen LogP contribution in [0.25, 0.3) is 0 Å². The summed E-state index contributed by atoms with van der Waals surface area (Å²) in [6.07, 6.45) is 7.45. The summed E-state index contributed by atoms with van der Waals surface area (Å²) in [6.45, 7) is 6.00. The predicted octanol–water partition coefficient (Wildman–Crippen LogP) is 3.91. The molecule has 24 heavy (non-hydrogen) atoms. The molecule has 1 aliphatic carbocycles. The van der Waals surface area contributed by atoms with Gasteiger partial charge in [0.15, 0.2) is 5.13 Å². The summed E-state index contributed by atoms with van der Waals surface area (Å²) in [6, 6.07) is 3.73. The second-order valence-corrected chi connectivity index (χ2v) is 7.06. The number of nitrogens with zero attached hydrogens (tertiary/aromatic N) is 3. The molecule has 0 atom stereocenters. The Morgan fingerprint density at radius 3 is 2.71 bits per heavy atom. The molecule has 128 valence electrons. The van der Waals surface area contributed by atoms with E-state index in [0.717, 1.165) is 31.7 Å². The van der Waals surface area contributed by atoms with Crippen molar-refractivity contribution in [2.75, 3.05) is 23.3 Å². The molecule has 3 rings (SSSR count). The second-order valence-electron chi connectivity index (χ2n) is 5.98. The van der Waals surface area contributed by atoms with Crippen LogP contribution >= 0.6 is 11.3 Å². The molecule has 2 aromatic heterocycles. The number of hydrogen-bond acceptors (Lipinski definition) is 5. The van der Waals surface area contributed by atoms with E-state index < -0.39 is 0 Å². The van der Waals surface area contributed by atoms with Gasteiger partial charge < -0.3 is 4.90 Å². The van der Waals surface area contributed by atoms with E-state index in [0.29, 0.717) is 10.7 Å².